The van der Waals surface area contributed by atoms with Gasteiger partial charge < -0.3 is 10.0 Å². The van der Waals surface area contributed by atoms with Gasteiger partial charge in [0.05, 0.1) is 12.6 Å². The van der Waals surface area contributed by atoms with Crippen molar-refractivity contribution < 1.29 is 9.90 Å². The monoisotopic (exact) mass is 449 g/mol. The van der Waals surface area contributed by atoms with E-state index >= 15 is 0 Å². The summed E-state index contributed by atoms with van der Waals surface area (Å²) in [5.41, 5.74) is 3.97. The maximum Gasteiger partial charge on any atom is 0.253 e. The minimum Gasteiger partial charge on any atom is -0.392 e. The van der Waals surface area contributed by atoms with Crippen LogP contribution >= 0.6 is 0 Å². The van der Waals surface area contributed by atoms with Crippen LogP contribution in [0.5, 0.6) is 0 Å². The molecule has 178 valence electrons. The second-order valence-corrected chi connectivity index (χ2v) is 9.04. The summed E-state index contributed by atoms with van der Waals surface area (Å²) in [5.74, 6) is 0.0745. The van der Waals surface area contributed by atoms with Crippen molar-refractivity contribution in [3.8, 4) is 0 Å². The van der Waals surface area contributed by atoms with Gasteiger partial charge in [-0.05, 0) is 56.5 Å². The van der Waals surface area contributed by atoms with Gasteiger partial charge in [-0.1, -0.05) is 42.5 Å². The molecule has 1 N–H and O–H groups in total. The van der Waals surface area contributed by atoms with Gasteiger partial charge in [0.2, 0.25) is 0 Å². The van der Waals surface area contributed by atoms with Gasteiger partial charge in [0.15, 0.2) is 0 Å². The molecule has 1 aliphatic rings. The van der Waals surface area contributed by atoms with E-state index in [0.29, 0.717) is 25.2 Å². The summed E-state index contributed by atoms with van der Waals surface area (Å²) in [6.45, 7) is 16.7. The maximum atomic E-state index is 12.8. The quantitative estimate of drug-likeness (QED) is 0.579. The van der Waals surface area contributed by atoms with Crippen LogP contribution in [0.2, 0.25) is 0 Å². The molecule has 0 aromatic heterocycles. The standard InChI is InChI=1S/C28H39N3O2/c1-6-16-30-18-22(5)31(19-21(30)4)27(26-11-9-10-23(17-26)20-32)24-12-14-25(15-13-24)28(33)29(7-2)8-3/h6,9-15,17,21-22,27,32H,1,7-8,16,18-20H2,2-5H3/t21-,22+,27?/m0/s1. The molecule has 0 bridgehead atoms. The molecule has 3 atom stereocenters. The number of piperazine rings is 1. The number of hydrogen-bond donors (Lipinski definition) is 1. The smallest absolute Gasteiger partial charge is 0.253 e. The van der Waals surface area contributed by atoms with E-state index in [2.05, 4.69) is 54.5 Å². The molecule has 1 unspecified atom stereocenters. The Balaban J connectivity index is 1.98. The number of nitrogens with zero attached hydrogens (tertiary/aromatic N) is 3. The van der Waals surface area contributed by atoms with Crippen LogP contribution in [0.1, 0.15) is 60.8 Å². The molecule has 0 radical (unpaired) electrons. The number of rotatable bonds is 9. The van der Waals surface area contributed by atoms with E-state index in [-0.39, 0.29) is 18.6 Å². The lowest BCUT2D eigenvalue weighted by Crippen LogP contribution is -2.57. The lowest BCUT2D eigenvalue weighted by Gasteiger charge is -2.47. The van der Waals surface area contributed by atoms with E-state index in [4.69, 9.17) is 0 Å². The predicted octanol–water partition coefficient (Wildman–Crippen LogP) is 4.33. The Bertz CT molecular complexity index is 923. The minimum atomic E-state index is 0.0247. The molecule has 1 heterocycles. The molecule has 1 fully saturated rings. The SMILES string of the molecule is C=CCN1C[C@@H](C)N(C(c2ccc(C(=O)N(CC)CC)cc2)c2cccc(CO)c2)C[C@@H]1C. The summed E-state index contributed by atoms with van der Waals surface area (Å²) in [6.07, 6.45) is 1.98. The number of aliphatic hydroxyl groups is 1. The van der Waals surface area contributed by atoms with Crippen LogP contribution in [-0.2, 0) is 6.61 Å². The molecule has 1 aliphatic heterocycles. The Morgan fingerprint density at radius 2 is 1.79 bits per heavy atom. The van der Waals surface area contributed by atoms with E-state index in [9.17, 15) is 9.90 Å². The Kier molecular flexibility index (Phi) is 8.84. The number of amides is 1. The fourth-order valence-electron chi connectivity index (χ4n) is 4.94. The fourth-order valence-corrected chi connectivity index (χ4v) is 4.94. The van der Waals surface area contributed by atoms with Crippen LogP contribution in [0.3, 0.4) is 0 Å². The normalized spacial score (nSPS) is 20.4. The minimum absolute atomic E-state index is 0.0247. The van der Waals surface area contributed by atoms with Crippen molar-refractivity contribution in [2.24, 2.45) is 0 Å². The summed E-state index contributed by atoms with van der Waals surface area (Å²) in [4.78, 5) is 19.7. The van der Waals surface area contributed by atoms with Crippen molar-refractivity contribution in [3.05, 3.63) is 83.4 Å². The number of carbonyl (C=O) groups excluding carboxylic acids is 1. The second-order valence-electron chi connectivity index (χ2n) is 9.04. The van der Waals surface area contributed by atoms with Gasteiger partial charge in [-0.3, -0.25) is 14.6 Å². The van der Waals surface area contributed by atoms with Crippen LogP contribution in [0, 0.1) is 0 Å². The van der Waals surface area contributed by atoms with Crippen LogP contribution < -0.4 is 0 Å². The molecule has 33 heavy (non-hydrogen) atoms. The topological polar surface area (TPSA) is 47.0 Å². The van der Waals surface area contributed by atoms with Crippen molar-refractivity contribution >= 4 is 5.91 Å². The third-order valence-corrected chi connectivity index (χ3v) is 6.83. The van der Waals surface area contributed by atoms with Gasteiger partial charge in [-0.2, -0.15) is 0 Å². The fraction of sp³-hybridized carbons (Fsp3) is 0.464. The molecule has 0 aliphatic carbocycles. The number of hydrogen-bond acceptors (Lipinski definition) is 4. The molecular formula is C28H39N3O2. The van der Waals surface area contributed by atoms with Crippen molar-refractivity contribution in [2.45, 2.75) is 52.4 Å². The molecule has 0 saturated carbocycles. The van der Waals surface area contributed by atoms with Crippen molar-refractivity contribution in [2.75, 3.05) is 32.7 Å². The summed E-state index contributed by atoms with van der Waals surface area (Å²) < 4.78 is 0. The molecule has 0 spiro atoms. The average molecular weight is 450 g/mol. The first kappa shape index (κ1) is 25.2. The first-order chi connectivity index (χ1) is 15.9. The van der Waals surface area contributed by atoms with Gasteiger partial charge >= 0.3 is 0 Å². The van der Waals surface area contributed by atoms with Crippen molar-refractivity contribution in [1.29, 1.82) is 0 Å². The molecular weight excluding hydrogens is 410 g/mol. The van der Waals surface area contributed by atoms with Crippen molar-refractivity contribution in [1.82, 2.24) is 14.7 Å². The van der Waals surface area contributed by atoms with E-state index in [0.717, 1.165) is 36.3 Å². The van der Waals surface area contributed by atoms with Crippen LogP contribution in [0.25, 0.3) is 0 Å². The van der Waals surface area contributed by atoms with Gasteiger partial charge in [0, 0.05) is 50.4 Å². The predicted molar refractivity (Wildman–Crippen MR) is 135 cm³/mol. The largest absolute Gasteiger partial charge is 0.392 e. The maximum absolute atomic E-state index is 12.8. The van der Waals surface area contributed by atoms with Gasteiger partial charge in [0.1, 0.15) is 0 Å². The van der Waals surface area contributed by atoms with Crippen LogP contribution in [-0.4, -0.2) is 70.5 Å². The highest BCUT2D eigenvalue weighted by atomic mass is 16.3. The molecule has 2 aromatic carbocycles. The van der Waals surface area contributed by atoms with E-state index in [1.54, 1.807) is 0 Å². The third-order valence-electron chi connectivity index (χ3n) is 6.83. The van der Waals surface area contributed by atoms with Crippen molar-refractivity contribution in [3.63, 3.8) is 0 Å². The lowest BCUT2D eigenvalue weighted by atomic mass is 9.92. The Morgan fingerprint density at radius 1 is 1.09 bits per heavy atom. The second kappa shape index (κ2) is 11.6. The van der Waals surface area contributed by atoms with Gasteiger partial charge in [-0.25, -0.2) is 0 Å². The first-order valence-corrected chi connectivity index (χ1v) is 12.1. The molecule has 5 heteroatoms. The summed E-state index contributed by atoms with van der Waals surface area (Å²) in [5, 5.41) is 9.74. The van der Waals surface area contributed by atoms with E-state index in [1.165, 1.54) is 5.56 Å². The number of carbonyl (C=O) groups is 1. The Labute approximate surface area is 199 Å². The lowest BCUT2D eigenvalue weighted by molar-refractivity contribution is 0.0306. The summed E-state index contributed by atoms with van der Waals surface area (Å²) >= 11 is 0. The summed E-state index contributed by atoms with van der Waals surface area (Å²) in [6, 6.07) is 17.2. The number of aliphatic hydroxyl groups excluding tert-OH is 1. The zero-order valence-electron chi connectivity index (χ0n) is 20.6. The molecule has 1 amide bonds. The average Bonchev–Trinajstić information content (AvgIpc) is 2.83. The number of benzene rings is 2. The third kappa shape index (κ3) is 5.72. The zero-order chi connectivity index (χ0) is 24.0. The van der Waals surface area contributed by atoms with Gasteiger partial charge in [0.25, 0.3) is 5.91 Å². The Morgan fingerprint density at radius 3 is 2.39 bits per heavy atom. The highest BCUT2D eigenvalue weighted by Crippen LogP contribution is 2.34. The molecule has 5 nitrogen and oxygen atoms in total. The van der Waals surface area contributed by atoms with Crippen LogP contribution in [0.4, 0.5) is 0 Å². The van der Waals surface area contributed by atoms with E-state index in [1.807, 2.05) is 49.1 Å². The first-order valence-electron chi connectivity index (χ1n) is 12.1. The highest BCUT2D eigenvalue weighted by molar-refractivity contribution is 5.94. The Hall–Kier alpha value is -2.47. The highest BCUT2D eigenvalue weighted by Gasteiger charge is 2.34. The van der Waals surface area contributed by atoms with E-state index < -0.39 is 0 Å². The van der Waals surface area contributed by atoms with Crippen LogP contribution in [0.15, 0.2) is 61.2 Å². The zero-order valence-corrected chi connectivity index (χ0v) is 20.6. The van der Waals surface area contributed by atoms with Gasteiger partial charge in [-0.15, -0.1) is 6.58 Å². The summed E-state index contributed by atoms with van der Waals surface area (Å²) in [7, 11) is 0. The molecule has 1 saturated heterocycles. The molecule has 2 aromatic rings. The molecule has 3 rings (SSSR count).